The molecule has 1 aliphatic heterocycles. The van der Waals surface area contributed by atoms with Crippen molar-refractivity contribution in [1.82, 2.24) is 15.5 Å². The Hall–Kier alpha value is -2.37. The second kappa shape index (κ2) is 7.26. The van der Waals surface area contributed by atoms with Gasteiger partial charge in [-0.1, -0.05) is 37.3 Å². The normalized spacial score (nSPS) is 21.3. The fourth-order valence-corrected chi connectivity index (χ4v) is 2.70. The van der Waals surface area contributed by atoms with Gasteiger partial charge in [0.15, 0.2) is 6.04 Å². The van der Waals surface area contributed by atoms with Gasteiger partial charge >= 0.3 is 0 Å². The Kier molecular flexibility index (Phi) is 5.36. The molecule has 23 heavy (non-hydrogen) atoms. The molecule has 6 nitrogen and oxygen atoms in total. The van der Waals surface area contributed by atoms with Crippen molar-refractivity contribution in [2.45, 2.75) is 51.9 Å². The summed E-state index contributed by atoms with van der Waals surface area (Å²) in [6, 6.07) is 7.53. The Bertz CT molecular complexity index is 586. The third-order valence-corrected chi connectivity index (χ3v) is 3.92. The van der Waals surface area contributed by atoms with Crippen molar-refractivity contribution in [2.75, 3.05) is 0 Å². The molecular weight excluding hydrogens is 294 g/mol. The zero-order valence-electron chi connectivity index (χ0n) is 13.7. The predicted molar refractivity (Wildman–Crippen MR) is 86.3 cm³/mol. The summed E-state index contributed by atoms with van der Waals surface area (Å²) in [7, 11) is 0. The van der Waals surface area contributed by atoms with Gasteiger partial charge in [0.05, 0.1) is 0 Å². The molecule has 1 aromatic rings. The summed E-state index contributed by atoms with van der Waals surface area (Å²) in [4.78, 5) is 38.6. The molecule has 1 heterocycles. The van der Waals surface area contributed by atoms with Crippen LogP contribution in [0, 0.1) is 0 Å². The highest BCUT2D eigenvalue weighted by Gasteiger charge is 2.44. The van der Waals surface area contributed by atoms with Crippen molar-refractivity contribution in [3.8, 4) is 0 Å². The lowest BCUT2D eigenvalue weighted by Crippen LogP contribution is -2.68. The highest BCUT2D eigenvalue weighted by atomic mass is 16.2. The molecule has 0 aliphatic carbocycles. The van der Waals surface area contributed by atoms with Crippen LogP contribution in [0.3, 0.4) is 0 Å². The van der Waals surface area contributed by atoms with Gasteiger partial charge in [0.2, 0.25) is 5.91 Å². The molecule has 1 unspecified atom stereocenters. The third kappa shape index (κ3) is 3.70. The molecular formula is C17H23N3O3. The molecule has 0 radical (unpaired) electrons. The van der Waals surface area contributed by atoms with Crippen LogP contribution in [0.15, 0.2) is 30.3 Å². The van der Waals surface area contributed by atoms with Crippen LogP contribution in [0.1, 0.15) is 32.8 Å². The first-order valence-corrected chi connectivity index (χ1v) is 7.89. The molecule has 1 fully saturated rings. The zero-order chi connectivity index (χ0) is 17.0. The fraction of sp³-hybridized carbons (Fsp3) is 0.471. The van der Waals surface area contributed by atoms with Crippen LogP contribution in [0.5, 0.6) is 0 Å². The Morgan fingerprint density at radius 2 is 1.91 bits per heavy atom. The molecule has 0 bridgehead atoms. The average molecular weight is 317 g/mol. The van der Waals surface area contributed by atoms with Gasteiger partial charge in [0, 0.05) is 12.6 Å². The summed E-state index contributed by atoms with van der Waals surface area (Å²) in [5, 5.41) is 5.38. The number of hydrogen-bond acceptors (Lipinski definition) is 3. The molecule has 2 atom stereocenters. The number of amides is 3. The SMILES string of the molecule is CC[C@@H]1NC(=O)C(C(=O)NCc2ccccc2)N(C(C)C)C1=O. The fourth-order valence-electron chi connectivity index (χ4n) is 2.70. The molecule has 1 aliphatic rings. The van der Waals surface area contributed by atoms with Crippen molar-refractivity contribution in [2.24, 2.45) is 0 Å². The van der Waals surface area contributed by atoms with Crippen LogP contribution >= 0.6 is 0 Å². The monoisotopic (exact) mass is 317 g/mol. The quantitative estimate of drug-likeness (QED) is 0.789. The lowest BCUT2D eigenvalue weighted by atomic mass is 10.0. The maximum Gasteiger partial charge on any atom is 0.253 e. The summed E-state index contributed by atoms with van der Waals surface area (Å²) < 4.78 is 0. The smallest absolute Gasteiger partial charge is 0.253 e. The third-order valence-electron chi connectivity index (χ3n) is 3.92. The van der Waals surface area contributed by atoms with Gasteiger partial charge in [-0.3, -0.25) is 14.4 Å². The van der Waals surface area contributed by atoms with Gasteiger partial charge < -0.3 is 15.5 Å². The van der Waals surface area contributed by atoms with Crippen LogP contribution in [0.4, 0.5) is 0 Å². The maximum atomic E-state index is 12.5. The lowest BCUT2D eigenvalue weighted by molar-refractivity contribution is -0.156. The maximum absolute atomic E-state index is 12.5. The van der Waals surface area contributed by atoms with Gasteiger partial charge in [0.1, 0.15) is 6.04 Å². The van der Waals surface area contributed by atoms with Crippen LogP contribution in [-0.2, 0) is 20.9 Å². The number of piperazine rings is 1. The number of rotatable bonds is 5. The largest absolute Gasteiger partial charge is 0.350 e. The van der Waals surface area contributed by atoms with Crippen LogP contribution < -0.4 is 10.6 Å². The topological polar surface area (TPSA) is 78.5 Å². The first kappa shape index (κ1) is 17.0. The standard InChI is InChI=1S/C17H23N3O3/c1-4-13-17(23)20(11(2)3)14(16(22)19-13)15(21)18-10-12-8-6-5-7-9-12/h5-9,11,13-14H,4,10H2,1-3H3,(H,18,21)(H,19,22)/t13-,14?/m0/s1. The Morgan fingerprint density at radius 1 is 1.26 bits per heavy atom. The highest BCUT2D eigenvalue weighted by Crippen LogP contribution is 2.16. The van der Waals surface area contributed by atoms with E-state index in [9.17, 15) is 14.4 Å². The number of benzene rings is 1. The lowest BCUT2D eigenvalue weighted by Gasteiger charge is -2.40. The second-order valence-electron chi connectivity index (χ2n) is 5.91. The molecule has 0 aromatic heterocycles. The van der Waals surface area contributed by atoms with E-state index in [1.54, 1.807) is 13.8 Å². The molecule has 1 saturated heterocycles. The highest BCUT2D eigenvalue weighted by molar-refractivity contribution is 6.10. The van der Waals surface area contributed by atoms with Crippen LogP contribution in [0.25, 0.3) is 0 Å². The molecule has 124 valence electrons. The van der Waals surface area contributed by atoms with Crippen molar-refractivity contribution >= 4 is 17.7 Å². The number of hydrogen-bond donors (Lipinski definition) is 2. The van der Waals surface area contributed by atoms with E-state index in [4.69, 9.17) is 0 Å². The van der Waals surface area contributed by atoms with Crippen LogP contribution in [0.2, 0.25) is 0 Å². The Labute approximate surface area is 136 Å². The first-order valence-electron chi connectivity index (χ1n) is 7.89. The van der Waals surface area contributed by atoms with Gasteiger partial charge in [0.25, 0.3) is 11.8 Å². The summed E-state index contributed by atoms with van der Waals surface area (Å²) >= 11 is 0. The molecule has 2 N–H and O–H groups in total. The van der Waals surface area contributed by atoms with E-state index < -0.39 is 23.9 Å². The van der Waals surface area contributed by atoms with Gasteiger partial charge in [-0.15, -0.1) is 0 Å². The number of carbonyl (C=O) groups excluding carboxylic acids is 3. The van der Waals surface area contributed by atoms with E-state index in [1.807, 2.05) is 37.3 Å². The first-order chi connectivity index (χ1) is 11.0. The molecule has 1 aromatic carbocycles. The molecule has 6 heteroatoms. The van der Waals surface area contributed by atoms with E-state index in [2.05, 4.69) is 10.6 Å². The average Bonchev–Trinajstić information content (AvgIpc) is 2.54. The second-order valence-corrected chi connectivity index (χ2v) is 5.91. The van der Waals surface area contributed by atoms with Crippen LogP contribution in [-0.4, -0.2) is 40.7 Å². The zero-order valence-corrected chi connectivity index (χ0v) is 13.7. The number of nitrogens with zero attached hydrogens (tertiary/aromatic N) is 1. The van der Waals surface area contributed by atoms with E-state index in [1.165, 1.54) is 4.90 Å². The minimum absolute atomic E-state index is 0.207. The Balaban J connectivity index is 2.13. The van der Waals surface area contributed by atoms with E-state index >= 15 is 0 Å². The molecule has 2 rings (SSSR count). The van der Waals surface area contributed by atoms with Gasteiger partial charge in [-0.25, -0.2) is 0 Å². The van der Waals surface area contributed by atoms with Crippen molar-refractivity contribution < 1.29 is 14.4 Å². The van der Waals surface area contributed by atoms with Gasteiger partial charge in [-0.05, 0) is 25.8 Å². The minimum atomic E-state index is -1.12. The summed E-state index contributed by atoms with van der Waals surface area (Å²) in [5.41, 5.74) is 0.936. The summed E-state index contributed by atoms with van der Waals surface area (Å²) in [6.45, 7) is 5.76. The van der Waals surface area contributed by atoms with Gasteiger partial charge in [-0.2, -0.15) is 0 Å². The van der Waals surface area contributed by atoms with E-state index in [0.29, 0.717) is 13.0 Å². The minimum Gasteiger partial charge on any atom is -0.350 e. The predicted octanol–water partition coefficient (Wildman–Crippen LogP) is 0.817. The van der Waals surface area contributed by atoms with E-state index in [0.717, 1.165) is 5.56 Å². The number of carbonyl (C=O) groups is 3. The molecule has 3 amide bonds. The molecule has 0 saturated carbocycles. The Morgan fingerprint density at radius 3 is 2.48 bits per heavy atom. The van der Waals surface area contributed by atoms with Crippen molar-refractivity contribution in [3.63, 3.8) is 0 Å². The van der Waals surface area contributed by atoms with Crippen molar-refractivity contribution in [1.29, 1.82) is 0 Å². The van der Waals surface area contributed by atoms with Crippen molar-refractivity contribution in [3.05, 3.63) is 35.9 Å². The summed E-state index contributed by atoms with van der Waals surface area (Å²) in [5.74, 6) is -1.08. The summed E-state index contributed by atoms with van der Waals surface area (Å²) in [6.07, 6.45) is 0.506. The molecule has 0 spiro atoms. The number of nitrogens with one attached hydrogen (secondary N) is 2. The van der Waals surface area contributed by atoms with E-state index in [-0.39, 0.29) is 11.9 Å².